The van der Waals surface area contributed by atoms with E-state index >= 15 is 0 Å². The highest BCUT2D eigenvalue weighted by Gasteiger charge is 2.32. The van der Waals surface area contributed by atoms with E-state index in [-0.39, 0.29) is 5.75 Å². The molecule has 0 spiro atoms. The molecule has 0 amide bonds. The quantitative estimate of drug-likeness (QED) is 0.845. The third kappa shape index (κ3) is 5.01. The van der Waals surface area contributed by atoms with Crippen molar-refractivity contribution in [3.63, 3.8) is 0 Å². The fraction of sp³-hybridized carbons (Fsp3) is 0.450. The number of hydrogen-bond acceptors (Lipinski definition) is 5. The number of aromatic nitrogens is 1. The van der Waals surface area contributed by atoms with Gasteiger partial charge in [0.1, 0.15) is 5.75 Å². The van der Waals surface area contributed by atoms with Crippen LogP contribution >= 0.6 is 0 Å². The lowest BCUT2D eigenvalue weighted by atomic mass is 9.93. The van der Waals surface area contributed by atoms with E-state index in [2.05, 4.69) is 22.0 Å². The van der Waals surface area contributed by atoms with E-state index in [1.54, 1.807) is 12.1 Å². The molecule has 0 aliphatic carbocycles. The molecule has 1 aliphatic heterocycles. The van der Waals surface area contributed by atoms with E-state index in [1.807, 2.05) is 25.1 Å². The largest absolute Gasteiger partial charge is 0.506 e. The van der Waals surface area contributed by atoms with Gasteiger partial charge < -0.3 is 14.9 Å². The Morgan fingerprint density at radius 1 is 1.08 bits per heavy atom. The lowest BCUT2D eigenvalue weighted by Crippen LogP contribution is -2.46. The average molecular weight is 342 g/mol. The summed E-state index contributed by atoms with van der Waals surface area (Å²) in [6.07, 6.45) is 1.26. The summed E-state index contributed by atoms with van der Waals surface area (Å²) >= 11 is 0. The van der Waals surface area contributed by atoms with Gasteiger partial charge in [0.25, 0.3) is 0 Å². The van der Waals surface area contributed by atoms with E-state index in [1.165, 1.54) is 5.56 Å². The summed E-state index contributed by atoms with van der Waals surface area (Å²) in [6.45, 7) is 4.80. The molecule has 0 radical (unpaired) electrons. The Bertz CT molecular complexity index is 685. The highest BCUT2D eigenvalue weighted by Crippen LogP contribution is 2.25. The molecular formula is C20H26N2O3. The number of benzene rings is 1. The second-order valence-corrected chi connectivity index (χ2v) is 6.89. The number of aryl methyl sites for hydroxylation is 1. The van der Waals surface area contributed by atoms with Crippen molar-refractivity contribution in [2.45, 2.75) is 38.5 Å². The zero-order valence-electron chi connectivity index (χ0n) is 14.7. The summed E-state index contributed by atoms with van der Waals surface area (Å²) in [4.78, 5) is 6.63. The first-order valence-corrected chi connectivity index (χ1v) is 8.76. The van der Waals surface area contributed by atoms with E-state index in [0.29, 0.717) is 51.4 Å². The van der Waals surface area contributed by atoms with Crippen molar-refractivity contribution in [1.29, 1.82) is 0 Å². The van der Waals surface area contributed by atoms with Gasteiger partial charge in [-0.3, -0.25) is 9.88 Å². The number of rotatable bonds is 6. The SMILES string of the molecule is Cc1ccc(O)c(CN(Cc2ccccc2)CC2(O)CCOCC2)n1. The van der Waals surface area contributed by atoms with Gasteiger partial charge in [0.2, 0.25) is 0 Å². The molecule has 2 N–H and O–H groups in total. The summed E-state index contributed by atoms with van der Waals surface area (Å²) < 4.78 is 5.39. The minimum absolute atomic E-state index is 0.197. The molecule has 0 saturated carbocycles. The Balaban J connectivity index is 1.79. The summed E-state index contributed by atoms with van der Waals surface area (Å²) in [5.74, 6) is 0.197. The van der Waals surface area contributed by atoms with Gasteiger partial charge in [0.05, 0.1) is 11.3 Å². The van der Waals surface area contributed by atoms with E-state index in [4.69, 9.17) is 4.74 Å². The first-order valence-electron chi connectivity index (χ1n) is 8.76. The zero-order chi connectivity index (χ0) is 17.7. The Kier molecular flexibility index (Phi) is 5.68. The summed E-state index contributed by atoms with van der Waals surface area (Å²) in [5.41, 5.74) is 1.93. The second-order valence-electron chi connectivity index (χ2n) is 6.89. The summed E-state index contributed by atoms with van der Waals surface area (Å²) in [7, 11) is 0. The number of aromatic hydroxyl groups is 1. The molecule has 0 bridgehead atoms. The van der Waals surface area contributed by atoms with Crippen LogP contribution in [0.3, 0.4) is 0 Å². The molecule has 2 aromatic rings. The molecule has 1 aromatic heterocycles. The summed E-state index contributed by atoms with van der Waals surface area (Å²) in [5, 5.41) is 21.1. The molecule has 1 fully saturated rings. The van der Waals surface area contributed by atoms with Crippen LogP contribution in [0, 0.1) is 6.92 Å². The molecule has 1 aliphatic rings. The minimum atomic E-state index is -0.757. The van der Waals surface area contributed by atoms with Crippen LogP contribution in [0.4, 0.5) is 0 Å². The number of nitrogens with zero attached hydrogens (tertiary/aromatic N) is 2. The van der Waals surface area contributed by atoms with Gasteiger partial charge in [-0.05, 0) is 24.6 Å². The van der Waals surface area contributed by atoms with Crippen LogP contribution < -0.4 is 0 Å². The molecule has 134 valence electrons. The van der Waals surface area contributed by atoms with Crippen LogP contribution in [0.25, 0.3) is 0 Å². The highest BCUT2D eigenvalue weighted by atomic mass is 16.5. The van der Waals surface area contributed by atoms with Gasteiger partial charge in [-0.2, -0.15) is 0 Å². The van der Waals surface area contributed by atoms with Crippen molar-refractivity contribution >= 4 is 0 Å². The lowest BCUT2D eigenvalue weighted by molar-refractivity contribution is -0.0823. The fourth-order valence-corrected chi connectivity index (χ4v) is 3.27. The van der Waals surface area contributed by atoms with E-state index in [0.717, 1.165) is 5.69 Å². The number of pyridine rings is 1. The summed E-state index contributed by atoms with van der Waals surface area (Å²) in [6, 6.07) is 13.6. The Labute approximate surface area is 148 Å². The van der Waals surface area contributed by atoms with Crippen LogP contribution in [0.5, 0.6) is 5.75 Å². The van der Waals surface area contributed by atoms with E-state index in [9.17, 15) is 10.2 Å². The Morgan fingerprint density at radius 2 is 1.80 bits per heavy atom. The molecule has 1 saturated heterocycles. The van der Waals surface area contributed by atoms with Gasteiger partial charge >= 0.3 is 0 Å². The van der Waals surface area contributed by atoms with Crippen LogP contribution in [0.1, 0.15) is 29.8 Å². The standard InChI is InChI=1S/C20H26N2O3/c1-16-7-8-19(23)18(21-16)14-22(13-17-5-3-2-4-6-17)15-20(24)9-11-25-12-10-20/h2-8,23-24H,9-15H2,1H3. The number of ether oxygens (including phenoxy) is 1. The monoisotopic (exact) mass is 342 g/mol. The van der Waals surface area contributed by atoms with Gasteiger partial charge in [-0.1, -0.05) is 30.3 Å². The zero-order valence-corrected chi connectivity index (χ0v) is 14.7. The Morgan fingerprint density at radius 3 is 2.52 bits per heavy atom. The van der Waals surface area contributed by atoms with Crippen LogP contribution in [-0.4, -0.2) is 45.5 Å². The molecule has 3 rings (SSSR count). The smallest absolute Gasteiger partial charge is 0.138 e. The van der Waals surface area contributed by atoms with Gasteiger partial charge in [0.15, 0.2) is 0 Å². The third-order valence-electron chi connectivity index (χ3n) is 4.65. The van der Waals surface area contributed by atoms with Crippen molar-refractivity contribution < 1.29 is 14.9 Å². The van der Waals surface area contributed by atoms with E-state index < -0.39 is 5.60 Å². The molecule has 5 nitrogen and oxygen atoms in total. The predicted molar refractivity (Wildman–Crippen MR) is 96.2 cm³/mol. The number of aliphatic hydroxyl groups is 1. The molecular weight excluding hydrogens is 316 g/mol. The minimum Gasteiger partial charge on any atom is -0.506 e. The van der Waals surface area contributed by atoms with Crippen molar-refractivity contribution in [3.05, 3.63) is 59.4 Å². The normalized spacial score (nSPS) is 16.9. The molecule has 0 unspecified atom stereocenters. The number of hydrogen-bond donors (Lipinski definition) is 2. The van der Waals surface area contributed by atoms with Crippen molar-refractivity contribution in [1.82, 2.24) is 9.88 Å². The molecule has 25 heavy (non-hydrogen) atoms. The first kappa shape index (κ1) is 17.9. The molecule has 2 heterocycles. The van der Waals surface area contributed by atoms with Crippen molar-refractivity contribution in [3.8, 4) is 5.75 Å². The molecule has 1 aromatic carbocycles. The fourth-order valence-electron chi connectivity index (χ4n) is 3.27. The molecule has 5 heteroatoms. The lowest BCUT2D eigenvalue weighted by Gasteiger charge is -2.37. The van der Waals surface area contributed by atoms with Gasteiger partial charge in [0, 0.05) is 51.4 Å². The Hall–Kier alpha value is -1.95. The predicted octanol–water partition coefficient (Wildman–Crippen LogP) is 2.64. The maximum absolute atomic E-state index is 10.9. The molecule has 0 atom stereocenters. The highest BCUT2D eigenvalue weighted by molar-refractivity contribution is 5.27. The van der Waals surface area contributed by atoms with Gasteiger partial charge in [-0.25, -0.2) is 0 Å². The average Bonchev–Trinajstić information content (AvgIpc) is 2.59. The maximum atomic E-state index is 10.9. The van der Waals surface area contributed by atoms with Crippen LogP contribution in [0.2, 0.25) is 0 Å². The van der Waals surface area contributed by atoms with Crippen molar-refractivity contribution in [2.75, 3.05) is 19.8 Å². The van der Waals surface area contributed by atoms with Crippen molar-refractivity contribution in [2.24, 2.45) is 0 Å². The maximum Gasteiger partial charge on any atom is 0.138 e. The van der Waals surface area contributed by atoms with Crippen LogP contribution in [0.15, 0.2) is 42.5 Å². The van der Waals surface area contributed by atoms with Gasteiger partial charge in [-0.15, -0.1) is 0 Å². The first-order chi connectivity index (χ1) is 12.0. The second kappa shape index (κ2) is 7.95. The topological polar surface area (TPSA) is 65.8 Å². The van der Waals surface area contributed by atoms with Crippen LogP contribution in [-0.2, 0) is 17.8 Å². The third-order valence-corrected chi connectivity index (χ3v) is 4.65.